The van der Waals surface area contributed by atoms with Crippen LogP contribution in [0.2, 0.25) is 0 Å². The smallest absolute Gasteiger partial charge is 0.167 e. The molecule has 0 aliphatic heterocycles. The second-order valence-corrected chi connectivity index (χ2v) is 10.4. The molecule has 0 amide bonds. The first kappa shape index (κ1) is 27.3. The van der Waals surface area contributed by atoms with Gasteiger partial charge in [0.25, 0.3) is 0 Å². The van der Waals surface area contributed by atoms with E-state index < -0.39 is 0 Å². The first-order chi connectivity index (χ1) is 18.3. The molecule has 1 N–H and O–H groups in total. The van der Waals surface area contributed by atoms with Gasteiger partial charge in [0.1, 0.15) is 11.5 Å². The number of rotatable bonds is 10. The van der Waals surface area contributed by atoms with Crippen LogP contribution in [-0.2, 0) is 0 Å². The molecule has 0 fully saturated rings. The molecule has 0 saturated heterocycles. The van der Waals surface area contributed by atoms with Gasteiger partial charge in [0.05, 0.1) is 12.2 Å². The molecule has 0 aliphatic carbocycles. The zero-order valence-corrected chi connectivity index (χ0v) is 23.5. The Morgan fingerprint density at radius 2 is 1.39 bits per heavy atom. The molecule has 198 valence electrons. The first-order valence-electron chi connectivity index (χ1n) is 13.7. The largest absolute Gasteiger partial charge is 0.507 e. The first-order valence-corrected chi connectivity index (χ1v) is 13.7. The van der Waals surface area contributed by atoms with E-state index in [0.717, 1.165) is 46.4 Å². The van der Waals surface area contributed by atoms with Gasteiger partial charge in [-0.05, 0) is 55.9 Å². The van der Waals surface area contributed by atoms with Gasteiger partial charge in [-0.1, -0.05) is 88.1 Å². The van der Waals surface area contributed by atoms with Crippen molar-refractivity contribution in [3.63, 3.8) is 0 Å². The highest BCUT2D eigenvalue weighted by Gasteiger charge is 2.20. The molecule has 4 rings (SSSR count). The van der Waals surface area contributed by atoms with Gasteiger partial charge in [0.2, 0.25) is 0 Å². The summed E-state index contributed by atoms with van der Waals surface area (Å²) in [5.74, 6) is 2.66. The summed E-state index contributed by atoms with van der Waals surface area (Å²) in [6.45, 7) is 13.3. The Hall–Kier alpha value is -3.73. The molecule has 0 atom stereocenters. The molecule has 4 aromatic rings. The van der Waals surface area contributed by atoms with Crippen molar-refractivity contribution < 1.29 is 9.84 Å². The average molecular weight is 510 g/mol. The lowest BCUT2D eigenvalue weighted by Crippen LogP contribution is -2.04. The van der Waals surface area contributed by atoms with Crippen LogP contribution in [0.15, 0.2) is 54.6 Å². The number of hydrogen-bond acceptors (Lipinski definition) is 5. The zero-order chi connectivity index (χ0) is 27.2. The Labute approximate surface area is 227 Å². The van der Waals surface area contributed by atoms with Crippen molar-refractivity contribution in [3.05, 3.63) is 76.9 Å². The van der Waals surface area contributed by atoms with Gasteiger partial charge in [-0.25, -0.2) is 15.0 Å². The fraction of sp³-hybridized carbons (Fsp3) is 0.364. The summed E-state index contributed by atoms with van der Waals surface area (Å²) in [5.41, 5.74) is 6.85. The van der Waals surface area contributed by atoms with E-state index in [-0.39, 0.29) is 11.7 Å². The van der Waals surface area contributed by atoms with Crippen molar-refractivity contribution in [2.45, 2.75) is 73.1 Å². The van der Waals surface area contributed by atoms with E-state index >= 15 is 0 Å². The van der Waals surface area contributed by atoms with Gasteiger partial charge >= 0.3 is 0 Å². The van der Waals surface area contributed by atoms with E-state index in [1.807, 2.05) is 24.3 Å². The van der Waals surface area contributed by atoms with Crippen molar-refractivity contribution >= 4 is 0 Å². The molecule has 5 nitrogen and oxygen atoms in total. The van der Waals surface area contributed by atoms with E-state index in [2.05, 4.69) is 65.8 Å². The summed E-state index contributed by atoms with van der Waals surface area (Å²) in [6.07, 6.45) is 4.54. The monoisotopic (exact) mass is 509 g/mol. The highest BCUT2D eigenvalue weighted by atomic mass is 16.5. The molecule has 0 saturated carbocycles. The number of aromatic nitrogens is 3. The van der Waals surface area contributed by atoms with E-state index in [1.54, 1.807) is 6.07 Å². The normalized spacial score (nSPS) is 11.2. The number of hydrogen-bond donors (Lipinski definition) is 1. The predicted octanol–water partition coefficient (Wildman–Crippen LogP) is 8.59. The van der Waals surface area contributed by atoms with Crippen LogP contribution in [-0.4, -0.2) is 26.7 Å². The minimum atomic E-state index is 0.103. The minimum absolute atomic E-state index is 0.103. The number of phenolic OH excluding ortho intramolecular Hbond substituents is 1. The molecule has 38 heavy (non-hydrogen) atoms. The summed E-state index contributed by atoms with van der Waals surface area (Å²) >= 11 is 0. The van der Waals surface area contributed by atoms with Crippen LogP contribution >= 0.6 is 0 Å². The number of aromatic hydroxyl groups is 1. The maximum atomic E-state index is 11.2. The van der Waals surface area contributed by atoms with E-state index in [4.69, 9.17) is 19.7 Å². The summed E-state index contributed by atoms with van der Waals surface area (Å²) in [4.78, 5) is 14.6. The summed E-state index contributed by atoms with van der Waals surface area (Å²) in [7, 11) is 0. The van der Waals surface area contributed by atoms with Gasteiger partial charge in [-0.3, -0.25) is 0 Å². The summed E-state index contributed by atoms with van der Waals surface area (Å²) in [5, 5.41) is 11.2. The third kappa shape index (κ3) is 6.21. The van der Waals surface area contributed by atoms with Gasteiger partial charge in [-0.15, -0.1) is 0 Å². The van der Waals surface area contributed by atoms with E-state index in [9.17, 15) is 5.11 Å². The van der Waals surface area contributed by atoms with Crippen LogP contribution in [0.4, 0.5) is 0 Å². The average Bonchev–Trinajstić information content (AvgIpc) is 2.88. The molecule has 0 unspecified atom stereocenters. The highest BCUT2D eigenvalue weighted by molar-refractivity contribution is 5.73. The van der Waals surface area contributed by atoms with Crippen LogP contribution in [0.3, 0.4) is 0 Å². The Kier molecular flexibility index (Phi) is 8.77. The van der Waals surface area contributed by atoms with Crippen molar-refractivity contribution in [2.75, 3.05) is 6.61 Å². The fourth-order valence-electron chi connectivity index (χ4n) is 4.68. The van der Waals surface area contributed by atoms with Crippen LogP contribution in [0.5, 0.6) is 11.5 Å². The zero-order valence-electron chi connectivity index (χ0n) is 23.5. The quantitative estimate of drug-likeness (QED) is 0.217. The minimum Gasteiger partial charge on any atom is -0.507 e. The Bertz CT molecular complexity index is 1410. The van der Waals surface area contributed by atoms with Crippen molar-refractivity contribution in [1.29, 1.82) is 0 Å². The molecule has 0 radical (unpaired) electrons. The molecular formula is C33H39N3O2. The molecule has 0 aliphatic rings. The second kappa shape index (κ2) is 12.2. The fourth-order valence-corrected chi connectivity index (χ4v) is 4.68. The lowest BCUT2D eigenvalue weighted by molar-refractivity contribution is 0.299. The Morgan fingerprint density at radius 3 is 2.03 bits per heavy atom. The number of ether oxygens (including phenoxy) is 1. The van der Waals surface area contributed by atoms with Crippen LogP contribution < -0.4 is 4.74 Å². The molecule has 3 aromatic carbocycles. The molecule has 1 heterocycles. The Balaban J connectivity index is 1.84. The van der Waals surface area contributed by atoms with Crippen LogP contribution in [0, 0.1) is 20.8 Å². The number of unbranched alkanes of at least 4 members (excludes halogenated alkanes) is 3. The van der Waals surface area contributed by atoms with Crippen molar-refractivity contribution in [2.24, 2.45) is 0 Å². The van der Waals surface area contributed by atoms with Crippen molar-refractivity contribution in [3.8, 4) is 45.7 Å². The van der Waals surface area contributed by atoms with Gasteiger partial charge in [-0.2, -0.15) is 0 Å². The maximum absolute atomic E-state index is 11.2. The number of aryl methyl sites for hydroxylation is 3. The maximum Gasteiger partial charge on any atom is 0.167 e. The molecule has 0 bridgehead atoms. The number of phenols is 1. The third-order valence-electron chi connectivity index (χ3n) is 6.89. The highest BCUT2D eigenvalue weighted by Crippen LogP contribution is 2.38. The lowest BCUT2D eigenvalue weighted by atomic mass is 9.98. The van der Waals surface area contributed by atoms with E-state index in [1.165, 1.54) is 18.4 Å². The Morgan fingerprint density at radius 1 is 0.737 bits per heavy atom. The number of nitrogens with zero attached hydrogens (tertiary/aromatic N) is 3. The van der Waals surface area contributed by atoms with E-state index in [0.29, 0.717) is 29.6 Å². The third-order valence-corrected chi connectivity index (χ3v) is 6.89. The summed E-state index contributed by atoms with van der Waals surface area (Å²) in [6, 6.07) is 18.0. The molecule has 5 heteroatoms. The van der Waals surface area contributed by atoms with Crippen molar-refractivity contribution in [1.82, 2.24) is 15.0 Å². The second-order valence-electron chi connectivity index (χ2n) is 10.4. The van der Waals surface area contributed by atoms with Gasteiger partial charge < -0.3 is 9.84 Å². The van der Waals surface area contributed by atoms with Crippen LogP contribution in [0.25, 0.3) is 34.2 Å². The standard InChI is InChI=1S/C33H39N3O2/c1-7-8-9-12-17-38-30-20-29(37)28(19-27(30)21(2)3)33-35-31(25-14-11-10-13-23(25)5)34-32(36-33)26-16-15-22(4)18-24(26)6/h10-11,13-16,18-21,37H,7-9,12,17H2,1-6H3. The molecular weight excluding hydrogens is 470 g/mol. The molecule has 1 aromatic heterocycles. The SMILES string of the molecule is CCCCCCOc1cc(O)c(-c2nc(-c3ccccc3C)nc(-c3ccc(C)cc3C)n2)cc1C(C)C. The lowest BCUT2D eigenvalue weighted by Gasteiger charge is -2.17. The summed E-state index contributed by atoms with van der Waals surface area (Å²) < 4.78 is 6.13. The predicted molar refractivity (Wildman–Crippen MR) is 156 cm³/mol. The number of benzene rings is 3. The van der Waals surface area contributed by atoms with Gasteiger partial charge in [0, 0.05) is 17.2 Å². The van der Waals surface area contributed by atoms with Gasteiger partial charge in [0.15, 0.2) is 17.5 Å². The van der Waals surface area contributed by atoms with Crippen LogP contribution in [0.1, 0.15) is 74.6 Å². The topological polar surface area (TPSA) is 68.1 Å². The molecule has 0 spiro atoms.